The third-order valence-corrected chi connectivity index (χ3v) is 6.93. The molecule has 1 fully saturated rings. The summed E-state index contributed by atoms with van der Waals surface area (Å²) in [4.78, 5) is 39.6. The molecule has 2 rings (SSSR count). The summed E-state index contributed by atoms with van der Waals surface area (Å²) in [5.74, 6) is -2.93. The number of nitrogens with one attached hydrogen (secondary N) is 1. The Hall–Kier alpha value is -2.34. The van der Waals surface area contributed by atoms with Crippen molar-refractivity contribution in [2.75, 3.05) is 57.7 Å². The summed E-state index contributed by atoms with van der Waals surface area (Å²) < 4.78 is 0. The lowest BCUT2D eigenvalue weighted by Crippen LogP contribution is -2.49. The molecule has 1 aliphatic rings. The maximum absolute atomic E-state index is 11.6. The molecule has 1 aliphatic heterocycles. The van der Waals surface area contributed by atoms with Crippen molar-refractivity contribution in [3.63, 3.8) is 0 Å². The van der Waals surface area contributed by atoms with Crippen molar-refractivity contribution in [1.29, 1.82) is 0 Å². The molecule has 1 unspecified atom stereocenters. The van der Waals surface area contributed by atoms with E-state index in [1.54, 1.807) is 9.80 Å². The van der Waals surface area contributed by atoms with Crippen LogP contribution in [0.25, 0.3) is 0 Å². The van der Waals surface area contributed by atoms with Crippen molar-refractivity contribution >= 4 is 36.2 Å². The predicted molar refractivity (Wildman–Crippen MR) is 137 cm³/mol. The van der Waals surface area contributed by atoms with Gasteiger partial charge >= 0.3 is 17.9 Å². The van der Waals surface area contributed by atoms with Gasteiger partial charge < -0.3 is 20.6 Å². The number of aliphatic carboxylic acids is 3. The molecule has 1 aromatic carbocycles. The van der Waals surface area contributed by atoms with Crippen molar-refractivity contribution in [1.82, 2.24) is 14.7 Å². The summed E-state index contributed by atoms with van der Waals surface area (Å²) in [6.07, 6.45) is 0.534. The minimum absolute atomic E-state index is 0.0292. The van der Waals surface area contributed by atoms with Crippen LogP contribution in [0.15, 0.2) is 24.3 Å². The van der Waals surface area contributed by atoms with Gasteiger partial charge in [0.15, 0.2) is 0 Å². The second-order valence-corrected chi connectivity index (χ2v) is 10.6. The second kappa shape index (κ2) is 13.1. The predicted octanol–water partition coefficient (Wildman–Crippen LogP) is 1.49. The van der Waals surface area contributed by atoms with Crippen LogP contribution in [0.4, 0.5) is 5.69 Å². The van der Waals surface area contributed by atoms with Gasteiger partial charge in [-0.25, -0.2) is 0 Å². The lowest BCUT2D eigenvalue weighted by atomic mass is 9.96. The highest BCUT2D eigenvalue weighted by molar-refractivity contribution is 7.81. The first-order chi connectivity index (χ1) is 16.3. The molecule has 0 amide bonds. The number of benzene rings is 1. The zero-order chi connectivity index (χ0) is 26.2. The fourth-order valence-corrected chi connectivity index (χ4v) is 4.14. The number of nitrogens with zero attached hydrogens (tertiary/aromatic N) is 3. The first kappa shape index (κ1) is 28.9. The Labute approximate surface area is 212 Å². The van der Waals surface area contributed by atoms with E-state index in [4.69, 9.17) is 0 Å². The molecule has 0 bridgehead atoms. The van der Waals surface area contributed by atoms with E-state index in [0.717, 1.165) is 11.3 Å². The smallest absolute Gasteiger partial charge is 0.317 e. The summed E-state index contributed by atoms with van der Waals surface area (Å²) >= 11 is 4.63. The molecule has 35 heavy (non-hydrogen) atoms. The minimum Gasteiger partial charge on any atom is -0.480 e. The largest absolute Gasteiger partial charge is 0.480 e. The monoisotopic (exact) mass is 510 g/mol. The number of carboxylic acids is 3. The van der Waals surface area contributed by atoms with Crippen LogP contribution >= 0.6 is 12.6 Å². The molecular formula is C24H38N4O6S. The van der Waals surface area contributed by atoms with Crippen molar-refractivity contribution in [3.8, 4) is 0 Å². The van der Waals surface area contributed by atoms with Gasteiger partial charge in [0.1, 0.15) is 0 Å². The molecule has 0 spiro atoms. The van der Waals surface area contributed by atoms with E-state index in [0.29, 0.717) is 39.1 Å². The molecule has 11 heteroatoms. The van der Waals surface area contributed by atoms with Crippen LogP contribution in [0, 0.1) is 5.41 Å². The van der Waals surface area contributed by atoms with Crippen LogP contribution in [-0.2, 0) is 20.8 Å². The average Bonchev–Trinajstić information content (AvgIpc) is 2.79. The third-order valence-electron chi connectivity index (χ3n) is 6.03. The van der Waals surface area contributed by atoms with Gasteiger partial charge in [-0.1, -0.05) is 32.9 Å². The maximum atomic E-state index is 11.6. The normalized spacial score (nSPS) is 19.8. The number of carboxylic acid groups (broad SMARTS) is 3. The lowest BCUT2D eigenvalue weighted by Gasteiger charge is -2.33. The quantitative estimate of drug-likeness (QED) is 0.233. The fourth-order valence-electron chi connectivity index (χ4n) is 4.00. The highest BCUT2D eigenvalue weighted by Crippen LogP contribution is 2.26. The Bertz CT molecular complexity index is 861. The minimum atomic E-state index is -0.981. The van der Waals surface area contributed by atoms with Gasteiger partial charge in [0.05, 0.1) is 25.0 Å². The van der Waals surface area contributed by atoms with Crippen LogP contribution < -0.4 is 5.32 Å². The van der Waals surface area contributed by atoms with Crippen LogP contribution in [-0.4, -0.2) is 112 Å². The van der Waals surface area contributed by atoms with Crippen molar-refractivity contribution in [2.24, 2.45) is 5.41 Å². The van der Waals surface area contributed by atoms with Gasteiger partial charge in [0.25, 0.3) is 0 Å². The van der Waals surface area contributed by atoms with Gasteiger partial charge in [0.2, 0.25) is 0 Å². The number of carbonyl (C=O) groups is 3. The Kier molecular flexibility index (Phi) is 10.8. The van der Waals surface area contributed by atoms with E-state index >= 15 is 0 Å². The Morgan fingerprint density at radius 2 is 1.43 bits per heavy atom. The Balaban J connectivity index is 2.24. The fraction of sp³-hybridized carbons (Fsp3) is 0.625. The summed E-state index contributed by atoms with van der Waals surface area (Å²) in [7, 11) is 0. The number of thiol groups is 1. The second-order valence-electron chi connectivity index (χ2n) is 10.1. The first-order valence-corrected chi connectivity index (χ1v) is 12.2. The van der Waals surface area contributed by atoms with Crippen molar-refractivity contribution in [3.05, 3.63) is 29.8 Å². The van der Waals surface area contributed by atoms with Gasteiger partial charge in [-0.15, -0.1) is 0 Å². The lowest BCUT2D eigenvalue weighted by molar-refractivity contribution is -0.140. The van der Waals surface area contributed by atoms with Gasteiger partial charge in [-0.2, -0.15) is 12.6 Å². The molecular weight excluding hydrogens is 472 g/mol. The molecule has 0 radical (unpaired) electrons. The molecule has 0 aliphatic carbocycles. The van der Waals surface area contributed by atoms with E-state index in [-0.39, 0.29) is 36.5 Å². The van der Waals surface area contributed by atoms with Crippen LogP contribution in [0.3, 0.4) is 0 Å². The average molecular weight is 511 g/mol. The Morgan fingerprint density at radius 3 is 1.97 bits per heavy atom. The van der Waals surface area contributed by atoms with Crippen LogP contribution in [0.5, 0.6) is 0 Å². The number of hydrogen-bond donors (Lipinski definition) is 5. The summed E-state index contributed by atoms with van der Waals surface area (Å²) in [5.41, 5.74) is 1.90. The summed E-state index contributed by atoms with van der Waals surface area (Å²) in [6, 6.07) is 7.64. The Morgan fingerprint density at radius 1 is 0.914 bits per heavy atom. The molecule has 1 aromatic rings. The number of anilines is 1. The number of hydrogen-bond acceptors (Lipinski definition) is 8. The highest BCUT2D eigenvalue weighted by Gasteiger charge is 2.28. The standard InChI is InChI=1S/C24H38N4O6S/c1-24(2,3)23(35)25-18-6-4-17(5-7-18)12-19-13-27(15-21(31)32)9-8-26(14-20(29)30)10-11-28(19)16-22(33)34/h4-7,19,23,25,35H,8-16H2,1-3H3,(H,29,30)(H,31,32)(H,33,34)/t19-,23?/m1/s1. The van der Waals surface area contributed by atoms with Crippen molar-refractivity contribution < 1.29 is 29.7 Å². The van der Waals surface area contributed by atoms with E-state index in [1.807, 2.05) is 29.2 Å². The zero-order valence-corrected chi connectivity index (χ0v) is 21.6. The molecule has 4 N–H and O–H groups in total. The van der Waals surface area contributed by atoms with Crippen molar-refractivity contribution in [2.45, 2.75) is 38.6 Å². The molecule has 10 nitrogen and oxygen atoms in total. The van der Waals surface area contributed by atoms with E-state index in [2.05, 4.69) is 38.7 Å². The van der Waals surface area contributed by atoms with Gasteiger partial charge in [-0.3, -0.25) is 29.1 Å². The highest BCUT2D eigenvalue weighted by atomic mass is 32.1. The maximum Gasteiger partial charge on any atom is 0.317 e. The third kappa shape index (κ3) is 10.4. The number of rotatable bonds is 10. The summed E-state index contributed by atoms with van der Waals surface area (Å²) in [6.45, 7) is 7.61. The van der Waals surface area contributed by atoms with Crippen LogP contribution in [0.2, 0.25) is 0 Å². The zero-order valence-electron chi connectivity index (χ0n) is 20.7. The van der Waals surface area contributed by atoms with Gasteiger partial charge in [-0.05, 0) is 29.5 Å². The molecule has 0 saturated carbocycles. The molecule has 1 saturated heterocycles. The molecule has 1 heterocycles. The van der Waals surface area contributed by atoms with E-state index in [1.165, 1.54) is 0 Å². The van der Waals surface area contributed by atoms with E-state index in [9.17, 15) is 29.7 Å². The van der Waals surface area contributed by atoms with Crippen LogP contribution in [0.1, 0.15) is 26.3 Å². The summed E-state index contributed by atoms with van der Waals surface area (Å²) in [5, 5.41) is 31.5. The van der Waals surface area contributed by atoms with Gasteiger partial charge in [0, 0.05) is 44.5 Å². The topological polar surface area (TPSA) is 134 Å². The molecule has 0 aromatic heterocycles. The van der Waals surface area contributed by atoms with E-state index < -0.39 is 17.9 Å². The first-order valence-electron chi connectivity index (χ1n) is 11.7. The molecule has 196 valence electrons. The molecule has 2 atom stereocenters. The SMILES string of the molecule is CC(C)(C)C(S)Nc1ccc(C[C@@H]2CN(CC(=O)O)CCN(CC(=O)O)CCN2CC(=O)O)cc1.